The lowest BCUT2D eigenvalue weighted by Gasteiger charge is -2.26. The molecule has 0 bridgehead atoms. The maximum atomic E-state index is 12.0. The van der Waals surface area contributed by atoms with E-state index in [-0.39, 0.29) is 5.91 Å². The van der Waals surface area contributed by atoms with Gasteiger partial charge in [0.05, 0.1) is 17.9 Å². The Bertz CT molecular complexity index is 435. The van der Waals surface area contributed by atoms with E-state index in [2.05, 4.69) is 30.3 Å². The van der Waals surface area contributed by atoms with Gasteiger partial charge in [-0.25, -0.2) is 0 Å². The van der Waals surface area contributed by atoms with E-state index in [0.717, 1.165) is 50.3 Å². The maximum absolute atomic E-state index is 12.0. The van der Waals surface area contributed by atoms with Crippen LogP contribution in [0.15, 0.2) is 6.07 Å². The molecule has 112 valence electrons. The third kappa shape index (κ3) is 3.82. The number of aryl methyl sites for hydroxylation is 2. The van der Waals surface area contributed by atoms with Crippen molar-refractivity contribution in [3.8, 4) is 0 Å². The van der Waals surface area contributed by atoms with Crippen molar-refractivity contribution in [3.63, 3.8) is 0 Å². The summed E-state index contributed by atoms with van der Waals surface area (Å²) in [4.78, 5) is 14.0. The van der Waals surface area contributed by atoms with Gasteiger partial charge in [-0.2, -0.15) is 5.10 Å². The Morgan fingerprint density at radius 2 is 2.05 bits per heavy atom. The lowest BCUT2D eigenvalue weighted by Crippen LogP contribution is -2.41. The molecule has 1 saturated heterocycles. The predicted molar refractivity (Wildman–Crippen MR) is 79.4 cm³/mol. The molecule has 0 aromatic carbocycles. The zero-order chi connectivity index (χ0) is 14.4. The summed E-state index contributed by atoms with van der Waals surface area (Å²) >= 11 is 0. The van der Waals surface area contributed by atoms with Crippen LogP contribution in [-0.4, -0.2) is 40.2 Å². The number of nitrogens with zero attached hydrogens (tertiary/aromatic N) is 3. The van der Waals surface area contributed by atoms with Crippen molar-refractivity contribution in [2.24, 2.45) is 0 Å². The van der Waals surface area contributed by atoms with Gasteiger partial charge in [0.1, 0.15) is 0 Å². The van der Waals surface area contributed by atoms with E-state index < -0.39 is 0 Å². The monoisotopic (exact) mass is 278 g/mol. The van der Waals surface area contributed by atoms with Crippen LogP contribution in [0.4, 0.5) is 0 Å². The highest BCUT2D eigenvalue weighted by molar-refractivity contribution is 5.78. The SMILES string of the molecule is CCc1cc(CNCC(=O)N2CCCCC2)n(CC)n1. The molecular formula is C15H26N4O. The van der Waals surface area contributed by atoms with Crippen LogP contribution < -0.4 is 5.32 Å². The van der Waals surface area contributed by atoms with Crippen molar-refractivity contribution >= 4 is 5.91 Å². The molecule has 2 rings (SSSR count). The van der Waals surface area contributed by atoms with Crippen molar-refractivity contribution in [2.45, 2.75) is 52.6 Å². The summed E-state index contributed by atoms with van der Waals surface area (Å²) in [7, 11) is 0. The van der Waals surface area contributed by atoms with Crippen molar-refractivity contribution < 1.29 is 4.79 Å². The van der Waals surface area contributed by atoms with Gasteiger partial charge in [0.25, 0.3) is 0 Å². The standard InChI is InChI=1S/C15H26N4O/c1-3-13-10-14(19(4-2)17-13)11-16-12-15(20)18-8-6-5-7-9-18/h10,16H,3-9,11-12H2,1-2H3. The van der Waals surface area contributed by atoms with Crippen LogP contribution in [0.5, 0.6) is 0 Å². The van der Waals surface area contributed by atoms with Gasteiger partial charge in [0.2, 0.25) is 5.91 Å². The number of likely N-dealkylation sites (tertiary alicyclic amines) is 1. The molecule has 2 heterocycles. The smallest absolute Gasteiger partial charge is 0.236 e. The van der Waals surface area contributed by atoms with Gasteiger partial charge >= 0.3 is 0 Å². The second-order valence-corrected chi connectivity index (χ2v) is 5.34. The first kappa shape index (κ1) is 15.0. The van der Waals surface area contributed by atoms with E-state index in [0.29, 0.717) is 13.1 Å². The number of nitrogens with one attached hydrogen (secondary N) is 1. The fraction of sp³-hybridized carbons (Fsp3) is 0.733. The van der Waals surface area contributed by atoms with Crippen LogP contribution in [0.2, 0.25) is 0 Å². The second kappa shape index (κ2) is 7.43. The summed E-state index contributed by atoms with van der Waals surface area (Å²) in [5.74, 6) is 0.225. The van der Waals surface area contributed by atoms with Crippen LogP contribution in [-0.2, 0) is 24.3 Å². The van der Waals surface area contributed by atoms with E-state index in [1.165, 1.54) is 6.42 Å². The van der Waals surface area contributed by atoms with Crippen molar-refractivity contribution in [2.75, 3.05) is 19.6 Å². The topological polar surface area (TPSA) is 50.2 Å². The fourth-order valence-electron chi connectivity index (χ4n) is 2.66. The zero-order valence-corrected chi connectivity index (χ0v) is 12.7. The summed E-state index contributed by atoms with van der Waals surface area (Å²) in [5, 5.41) is 7.77. The van der Waals surface area contributed by atoms with Gasteiger partial charge in [0.15, 0.2) is 0 Å². The fourth-order valence-corrected chi connectivity index (χ4v) is 2.66. The van der Waals surface area contributed by atoms with Crippen molar-refractivity contribution in [3.05, 3.63) is 17.5 Å². The molecule has 1 aliphatic rings. The molecule has 0 unspecified atom stereocenters. The Balaban J connectivity index is 1.80. The van der Waals surface area contributed by atoms with E-state index >= 15 is 0 Å². The molecule has 0 radical (unpaired) electrons. The van der Waals surface area contributed by atoms with E-state index in [1.807, 2.05) is 9.58 Å². The molecule has 1 fully saturated rings. The third-order valence-corrected chi connectivity index (χ3v) is 3.87. The zero-order valence-electron chi connectivity index (χ0n) is 12.7. The molecule has 5 heteroatoms. The van der Waals surface area contributed by atoms with Gasteiger partial charge in [-0.3, -0.25) is 9.48 Å². The number of aromatic nitrogens is 2. The molecule has 0 saturated carbocycles. The minimum atomic E-state index is 0.225. The number of carbonyl (C=O) groups excluding carboxylic acids is 1. The number of piperidine rings is 1. The van der Waals surface area contributed by atoms with Crippen LogP contribution in [0, 0.1) is 0 Å². The summed E-state index contributed by atoms with van der Waals surface area (Å²) in [6.45, 7) is 8.06. The minimum Gasteiger partial charge on any atom is -0.342 e. The Labute approximate surface area is 121 Å². The minimum absolute atomic E-state index is 0.225. The van der Waals surface area contributed by atoms with E-state index in [4.69, 9.17) is 0 Å². The summed E-state index contributed by atoms with van der Waals surface area (Å²) in [6, 6.07) is 2.13. The van der Waals surface area contributed by atoms with Crippen LogP contribution >= 0.6 is 0 Å². The van der Waals surface area contributed by atoms with Crippen LogP contribution in [0.3, 0.4) is 0 Å². The summed E-state index contributed by atoms with van der Waals surface area (Å²) < 4.78 is 2.01. The first-order chi connectivity index (χ1) is 9.74. The number of rotatable bonds is 6. The lowest BCUT2D eigenvalue weighted by atomic mass is 10.1. The first-order valence-electron chi connectivity index (χ1n) is 7.78. The molecule has 5 nitrogen and oxygen atoms in total. The van der Waals surface area contributed by atoms with Crippen molar-refractivity contribution in [1.82, 2.24) is 20.0 Å². The van der Waals surface area contributed by atoms with Gasteiger partial charge in [-0.1, -0.05) is 6.92 Å². The highest BCUT2D eigenvalue weighted by Gasteiger charge is 2.16. The molecule has 1 amide bonds. The van der Waals surface area contributed by atoms with Gasteiger partial charge in [-0.15, -0.1) is 0 Å². The highest BCUT2D eigenvalue weighted by Crippen LogP contribution is 2.09. The first-order valence-corrected chi connectivity index (χ1v) is 7.78. The number of amides is 1. The van der Waals surface area contributed by atoms with E-state index in [1.54, 1.807) is 0 Å². The van der Waals surface area contributed by atoms with Gasteiger partial charge < -0.3 is 10.2 Å². The Kier molecular flexibility index (Phi) is 5.59. The molecule has 0 atom stereocenters. The van der Waals surface area contributed by atoms with Crippen LogP contribution in [0.1, 0.15) is 44.5 Å². The molecule has 1 aromatic heterocycles. The molecule has 1 N–H and O–H groups in total. The normalized spacial score (nSPS) is 15.6. The Morgan fingerprint density at radius 3 is 2.70 bits per heavy atom. The van der Waals surface area contributed by atoms with E-state index in [9.17, 15) is 4.79 Å². The molecular weight excluding hydrogens is 252 g/mol. The maximum Gasteiger partial charge on any atom is 0.236 e. The Hall–Kier alpha value is -1.36. The summed E-state index contributed by atoms with van der Waals surface area (Å²) in [6.07, 6.45) is 4.50. The van der Waals surface area contributed by atoms with Gasteiger partial charge in [0, 0.05) is 26.2 Å². The van der Waals surface area contributed by atoms with Crippen molar-refractivity contribution in [1.29, 1.82) is 0 Å². The molecule has 1 aliphatic heterocycles. The summed E-state index contributed by atoms with van der Waals surface area (Å²) in [5.41, 5.74) is 2.28. The molecule has 20 heavy (non-hydrogen) atoms. The molecule has 0 spiro atoms. The van der Waals surface area contributed by atoms with Crippen LogP contribution in [0.25, 0.3) is 0 Å². The highest BCUT2D eigenvalue weighted by atomic mass is 16.2. The van der Waals surface area contributed by atoms with Gasteiger partial charge in [-0.05, 0) is 38.7 Å². The molecule has 1 aromatic rings. The Morgan fingerprint density at radius 1 is 1.30 bits per heavy atom. The average Bonchev–Trinajstić information content (AvgIpc) is 2.90. The second-order valence-electron chi connectivity index (χ2n) is 5.34. The molecule has 0 aliphatic carbocycles. The third-order valence-electron chi connectivity index (χ3n) is 3.87. The number of carbonyl (C=O) groups is 1. The largest absolute Gasteiger partial charge is 0.342 e. The predicted octanol–water partition coefficient (Wildman–Crippen LogP) is 1.57. The quantitative estimate of drug-likeness (QED) is 0.859. The number of hydrogen-bond donors (Lipinski definition) is 1. The number of hydrogen-bond acceptors (Lipinski definition) is 3. The lowest BCUT2D eigenvalue weighted by molar-refractivity contribution is -0.131. The average molecular weight is 278 g/mol.